The van der Waals surface area contributed by atoms with Gasteiger partial charge in [0.15, 0.2) is 0 Å². The summed E-state index contributed by atoms with van der Waals surface area (Å²) in [5, 5.41) is 8.77. The fourth-order valence-electron chi connectivity index (χ4n) is 1.28. The third-order valence-electron chi connectivity index (χ3n) is 1.88. The molecule has 1 aromatic rings. The van der Waals surface area contributed by atoms with Gasteiger partial charge in [-0.15, -0.1) is 0 Å². The third-order valence-corrected chi connectivity index (χ3v) is 5.24. The fourth-order valence-corrected chi connectivity index (χ4v) is 4.14. The molecular formula is C8H5IO6. The number of carboxylic acids is 1. The minimum absolute atomic E-state index is 0.188. The van der Waals surface area contributed by atoms with Gasteiger partial charge in [0, 0.05) is 0 Å². The maximum atomic E-state index is 11.4. The van der Waals surface area contributed by atoms with Crippen LogP contribution in [0.2, 0.25) is 0 Å². The number of aromatic carboxylic acids is 1. The molecule has 0 aliphatic carbocycles. The van der Waals surface area contributed by atoms with Crippen molar-refractivity contribution < 1.29 is 24.3 Å². The van der Waals surface area contributed by atoms with Gasteiger partial charge in [-0.1, -0.05) is 0 Å². The van der Waals surface area contributed by atoms with Crippen LogP contribution in [-0.4, -0.2) is 20.5 Å². The third kappa shape index (κ3) is 1.43. The van der Waals surface area contributed by atoms with E-state index in [9.17, 15) is 16.1 Å². The molecule has 2 rings (SSSR count). The van der Waals surface area contributed by atoms with Crippen molar-refractivity contribution in [1.29, 1.82) is 0 Å². The van der Waals surface area contributed by atoms with Crippen LogP contribution in [0.1, 0.15) is 20.7 Å². The SMILES string of the molecule is O=C(O)c1cccc2c1C(=O)OI2(=O)O. The molecule has 1 aliphatic heterocycles. The minimum atomic E-state index is -4.90. The van der Waals surface area contributed by atoms with E-state index < -0.39 is 31.2 Å². The van der Waals surface area contributed by atoms with Crippen LogP contribution in [0.5, 0.6) is 0 Å². The van der Waals surface area contributed by atoms with E-state index in [4.69, 9.17) is 5.11 Å². The predicted molar refractivity (Wildman–Crippen MR) is 54.4 cm³/mol. The van der Waals surface area contributed by atoms with E-state index in [2.05, 4.69) is 3.07 Å². The normalized spacial score (nSPS) is 27.7. The molecule has 0 fully saturated rings. The van der Waals surface area contributed by atoms with Crippen LogP contribution < -0.4 is 0 Å². The summed E-state index contributed by atoms with van der Waals surface area (Å²) in [6.45, 7) is 0. The standard InChI is InChI=1S/C8H5IO6/c10-7(11)4-2-1-3-5-6(4)8(12)15-9(5,13)14/h1-3H,(H,10,11)(H,13,14). The number of fused-ring (bicyclic) bond motifs is 1. The Kier molecular flexibility index (Phi) is 2.08. The summed E-state index contributed by atoms with van der Waals surface area (Å²) >= 11 is -4.90. The molecule has 0 saturated carbocycles. The first-order valence-electron chi connectivity index (χ1n) is 3.75. The number of rotatable bonds is 1. The summed E-state index contributed by atoms with van der Waals surface area (Å²) in [5.74, 6) is -2.38. The molecule has 0 bridgehead atoms. The number of carbonyl (C=O) groups excluding carboxylic acids is 1. The second kappa shape index (κ2) is 3.07. The number of halogens is 1. The topological polar surface area (TPSA) is 101 Å². The molecule has 1 heterocycles. The molecule has 2 N–H and O–H groups in total. The number of carbonyl (C=O) groups is 2. The first-order valence-corrected chi connectivity index (χ1v) is 7.55. The molecule has 1 aromatic carbocycles. The first kappa shape index (κ1) is 10.2. The number of carboxylic acid groups (broad SMARTS) is 1. The second-order valence-corrected chi connectivity index (χ2v) is 6.89. The first-order chi connectivity index (χ1) is 6.93. The van der Waals surface area contributed by atoms with Gasteiger partial charge in [-0.25, -0.2) is 0 Å². The average molecular weight is 324 g/mol. The molecular weight excluding hydrogens is 319 g/mol. The Balaban J connectivity index is 2.79. The van der Waals surface area contributed by atoms with Crippen LogP contribution in [0.3, 0.4) is 0 Å². The van der Waals surface area contributed by atoms with Gasteiger partial charge in [0.25, 0.3) is 0 Å². The molecule has 0 saturated heterocycles. The van der Waals surface area contributed by atoms with Crippen LogP contribution in [-0.2, 0) is 6.14 Å². The van der Waals surface area contributed by atoms with E-state index in [1.165, 1.54) is 18.2 Å². The van der Waals surface area contributed by atoms with Crippen molar-refractivity contribution in [1.82, 2.24) is 0 Å². The predicted octanol–water partition coefficient (Wildman–Crippen LogP) is 0.935. The molecule has 0 aromatic heterocycles. The van der Waals surface area contributed by atoms with Crippen LogP contribution >= 0.6 is 19.3 Å². The van der Waals surface area contributed by atoms with Crippen LogP contribution in [0.4, 0.5) is 0 Å². The van der Waals surface area contributed by atoms with Gasteiger partial charge >= 0.3 is 88.4 Å². The van der Waals surface area contributed by atoms with E-state index in [1.807, 2.05) is 0 Å². The quantitative estimate of drug-likeness (QED) is 0.746. The van der Waals surface area contributed by atoms with Crippen LogP contribution in [0.15, 0.2) is 18.2 Å². The summed E-state index contributed by atoms with van der Waals surface area (Å²) in [4.78, 5) is 22.0. The Hall–Kier alpha value is -1.35. The van der Waals surface area contributed by atoms with Crippen molar-refractivity contribution in [2.45, 2.75) is 0 Å². The molecule has 1 unspecified atom stereocenters. The molecule has 7 heteroatoms. The summed E-state index contributed by atoms with van der Waals surface area (Å²) in [6.07, 6.45) is 0. The molecule has 1 aliphatic rings. The number of benzene rings is 1. The van der Waals surface area contributed by atoms with E-state index >= 15 is 0 Å². The molecule has 0 spiro atoms. The van der Waals surface area contributed by atoms with Gasteiger partial charge in [-0.05, 0) is 0 Å². The Bertz CT molecular complexity index is 520. The van der Waals surface area contributed by atoms with Crippen molar-refractivity contribution in [3.8, 4) is 0 Å². The van der Waals surface area contributed by atoms with Crippen molar-refractivity contribution in [3.05, 3.63) is 32.9 Å². The number of hydrogen-bond donors (Lipinski definition) is 2. The Morgan fingerprint density at radius 2 is 2.07 bits per heavy atom. The van der Waals surface area contributed by atoms with Crippen molar-refractivity contribution in [2.75, 3.05) is 0 Å². The average Bonchev–Trinajstić information content (AvgIpc) is 2.37. The van der Waals surface area contributed by atoms with Gasteiger partial charge in [0.2, 0.25) is 0 Å². The van der Waals surface area contributed by atoms with Crippen molar-refractivity contribution >= 4 is 31.2 Å². The molecule has 6 nitrogen and oxygen atoms in total. The van der Waals surface area contributed by atoms with Gasteiger partial charge in [0.05, 0.1) is 0 Å². The van der Waals surface area contributed by atoms with Gasteiger partial charge in [-0.3, -0.25) is 0 Å². The van der Waals surface area contributed by atoms with Crippen molar-refractivity contribution in [2.24, 2.45) is 0 Å². The van der Waals surface area contributed by atoms with Gasteiger partial charge in [-0.2, -0.15) is 0 Å². The second-order valence-electron chi connectivity index (χ2n) is 2.77. The molecule has 0 radical (unpaired) electrons. The molecule has 80 valence electrons. The Morgan fingerprint density at radius 1 is 1.40 bits per heavy atom. The summed E-state index contributed by atoms with van der Waals surface area (Å²) in [5.41, 5.74) is -0.619. The van der Waals surface area contributed by atoms with Gasteiger partial charge < -0.3 is 0 Å². The molecule has 1 atom stereocenters. The maximum absolute atomic E-state index is 11.4. The monoisotopic (exact) mass is 324 g/mol. The zero-order valence-corrected chi connectivity index (χ0v) is 9.29. The van der Waals surface area contributed by atoms with E-state index in [0.717, 1.165) is 0 Å². The van der Waals surface area contributed by atoms with E-state index in [0.29, 0.717) is 0 Å². The van der Waals surface area contributed by atoms with Crippen LogP contribution in [0, 0.1) is 3.57 Å². The summed E-state index contributed by atoms with van der Waals surface area (Å²) in [7, 11) is 0. The van der Waals surface area contributed by atoms with Gasteiger partial charge in [0.1, 0.15) is 0 Å². The Labute approximate surface area is 88.5 Å². The molecule has 0 amide bonds. The van der Waals surface area contributed by atoms with Crippen LogP contribution in [0.25, 0.3) is 0 Å². The summed E-state index contributed by atoms with van der Waals surface area (Å²) < 4.78 is 24.8. The van der Waals surface area contributed by atoms with E-state index in [-0.39, 0.29) is 14.7 Å². The van der Waals surface area contributed by atoms with Crippen molar-refractivity contribution in [3.63, 3.8) is 0 Å². The fraction of sp³-hybridized carbons (Fsp3) is 0. The van der Waals surface area contributed by atoms with E-state index in [1.54, 1.807) is 0 Å². The zero-order chi connectivity index (χ0) is 11.2. The molecule has 15 heavy (non-hydrogen) atoms. The zero-order valence-electron chi connectivity index (χ0n) is 7.14. The summed E-state index contributed by atoms with van der Waals surface area (Å²) in [6, 6.07) is 3.72. The Morgan fingerprint density at radius 3 is 2.67 bits per heavy atom. The number of hydrogen-bond acceptors (Lipinski definition) is 4.